The van der Waals surface area contributed by atoms with E-state index in [0.717, 1.165) is 35.4 Å². The maximum atomic E-state index is 12.6. The Morgan fingerprint density at radius 3 is 2.50 bits per heavy atom. The van der Waals surface area contributed by atoms with Crippen molar-refractivity contribution in [3.8, 4) is 22.8 Å². The zero-order chi connectivity index (χ0) is 23.9. The molecule has 0 aliphatic rings. The third-order valence-electron chi connectivity index (χ3n) is 5.40. The minimum Gasteiger partial charge on any atom is -0.497 e. The van der Waals surface area contributed by atoms with Gasteiger partial charge in [-0.2, -0.15) is 10.0 Å². The predicted molar refractivity (Wildman–Crippen MR) is 128 cm³/mol. The molecule has 0 radical (unpaired) electrons. The molecule has 34 heavy (non-hydrogen) atoms. The number of aromatic nitrogens is 4. The number of ether oxygens (including phenoxy) is 2. The first-order valence-corrected chi connectivity index (χ1v) is 10.9. The van der Waals surface area contributed by atoms with Gasteiger partial charge in [0.25, 0.3) is 0 Å². The molecular weight excluding hydrogens is 439 g/mol. The molecule has 0 bridgehead atoms. The van der Waals surface area contributed by atoms with Gasteiger partial charge < -0.3 is 20.1 Å². The summed E-state index contributed by atoms with van der Waals surface area (Å²) in [5.74, 6) is 1.24. The summed E-state index contributed by atoms with van der Waals surface area (Å²) in [7, 11) is 3.16. The Balaban J connectivity index is 1.71. The van der Waals surface area contributed by atoms with Crippen LogP contribution >= 0.6 is 0 Å². The Kier molecular flexibility index (Phi) is 7.51. The van der Waals surface area contributed by atoms with Crippen LogP contribution < -0.4 is 20.1 Å². The Morgan fingerprint density at radius 1 is 1.00 bits per heavy atom. The Morgan fingerprint density at radius 2 is 1.79 bits per heavy atom. The van der Waals surface area contributed by atoms with Crippen LogP contribution in [-0.4, -0.2) is 53.7 Å². The lowest BCUT2D eigenvalue weighted by Crippen LogP contribution is -2.21. The highest BCUT2D eigenvalue weighted by atomic mass is 19.3. The fourth-order valence-electron chi connectivity index (χ4n) is 3.66. The van der Waals surface area contributed by atoms with Crippen LogP contribution in [0.25, 0.3) is 22.3 Å². The topological polar surface area (TPSA) is 101 Å². The maximum absolute atomic E-state index is 12.6. The van der Waals surface area contributed by atoms with Crippen molar-refractivity contribution in [1.29, 1.82) is 0 Å². The van der Waals surface area contributed by atoms with E-state index < -0.39 is 0 Å². The predicted octanol–water partition coefficient (Wildman–Crippen LogP) is 3.90. The molecule has 2 N–H and O–H groups in total. The van der Waals surface area contributed by atoms with Gasteiger partial charge >= 0.3 is 0 Å². The highest BCUT2D eigenvalue weighted by molar-refractivity contribution is 5.82. The third kappa shape index (κ3) is 5.24. The van der Waals surface area contributed by atoms with Gasteiger partial charge in [0.05, 0.1) is 49.9 Å². The number of anilines is 2. The highest BCUT2D eigenvalue weighted by Crippen LogP contribution is 2.34. The van der Waals surface area contributed by atoms with E-state index in [9.17, 15) is 4.53 Å². The van der Waals surface area contributed by atoms with E-state index in [4.69, 9.17) is 20.2 Å². The van der Waals surface area contributed by atoms with Crippen molar-refractivity contribution in [2.75, 3.05) is 38.8 Å². The van der Waals surface area contributed by atoms with Crippen LogP contribution in [0.2, 0.25) is 0 Å². The SMILES string of the molecule is COc1cc(OC)cc(N(CCOF)c2ccc3ncc(-c4cnn(CCCN)c4)nc3c2)c1. The monoisotopic (exact) mass is 466 g/mol. The maximum Gasteiger partial charge on any atom is 0.124 e. The molecule has 0 aliphatic carbocycles. The molecule has 2 aromatic carbocycles. The smallest absolute Gasteiger partial charge is 0.124 e. The number of benzene rings is 2. The summed E-state index contributed by atoms with van der Waals surface area (Å²) in [6, 6.07) is 11.2. The second-order valence-corrected chi connectivity index (χ2v) is 7.60. The van der Waals surface area contributed by atoms with Crippen LogP contribution in [0.3, 0.4) is 0 Å². The standard InChI is InChI=1S/C24H27FN6O3/c1-32-20-10-19(11-21(13-20)33-2)31(8-9-34-25)18-4-5-22-23(12-18)29-24(15-27-22)17-14-28-30(16-17)7-3-6-26/h4-5,10-16H,3,6-9,26H2,1-2H3. The number of fused-ring (bicyclic) bond motifs is 1. The van der Waals surface area contributed by atoms with Gasteiger partial charge in [-0.05, 0) is 35.7 Å². The van der Waals surface area contributed by atoms with Gasteiger partial charge in [-0.3, -0.25) is 9.67 Å². The number of methoxy groups -OCH3 is 2. The number of nitrogens with two attached hydrogens (primary N) is 1. The molecule has 0 atom stereocenters. The molecule has 9 nitrogen and oxygen atoms in total. The molecule has 0 saturated carbocycles. The van der Waals surface area contributed by atoms with Crippen molar-refractivity contribution in [3.63, 3.8) is 0 Å². The number of nitrogens with zero attached hydrogens (tertiary/aromatic N) is 5. The van der Waals surface area contributed by atoms with Gasteiger partial charge in [0.1, 0.15) is 18.1 Å². The number of aryl methyl sites for hydroxylation is 1. The minimum absolute atomic E-state index is 0.120. The molecular formula is C24H27FN6O3. The Bertz CT molecular complexity index is 1230. The highest BCUT2D eigenvalue weighted by Gasteiger charge is 2.15. The van der Waals surface area contributed by atoms with E-state index in [1.54, 1.807) is 32.7 Å². The quantitative estimate of drug-likeness (QED) is 0.355. The van der Waals surface area contributed by atoms with Crippen molar-refractivity contribution < 1.29 is 18.9 Å². The van der Waals surface area contributed by atoms with E-state index in [2.05, 4.69) is 15.0 Å². The van der Waals surface area contributed by atoms with Crippen molar-refractivity contribution in [2.24, 2.45) is 5.73 Å². The average molecular weight is 467 g/mol. The lowest BCUT2D eigenvalue weighted by Gasteiger charge is -2.25. The van der Waals surface area contributed by atoms with Crippen molar-refractivity contribution >= 4 is 22.4 Å². The lowest BCUT2D eigenvalue weighted by molar-refractivity contribution is -0.128. The van der Waals surface area contributed by atoms with E-state index >= 15 is 0 Å². The van der Waals surface area contributed by atoms with E-state index in [-0.39, 0.29) is 13.2 Å². The zero-order valence-electron chi connectivity index (χ0n) is 19.1. The first-order valence-electron chi connectivity index (χ1n) is 10.9. The fourth-order valence-corrected chi connectivity index (χ4v) is 3.66. The third-order valence-corrected chi connectivity index (χ3v) is 5.40. The number of rotatable bonds is 11. The zero-order valence-corrected chi connectivity index (χ0v) is 19.1. The molecule has 0 fully saturated rings. The van der Waals surface area contributed by atoms with E-state index in [0.29, 0.717) is 29.3 Å². The first kappa shape index (κ1) is 23.4. The normalized spacial score (nSPS) is 11.1. The van der Waals surface area contributed by atoms with E-state index in [1.807, 2.05) is 46.1 Å². The molecule has 0 amide bonds. The molecule has 2 heterocycles. The largest absolute Gasteiger partial charge is 0.497 e. The summed E-state index contributed by atoms with van der Waals surface area (Å²) >= 11 is 0. The fraction of sp³-hybridized carbons (Fsp3) is 0.292. The van der Waals surface area contributed by atoms with Crippen molar-refractivity contribution in [3.05, 3.63) is 55.0 Å². The van der Waals surface area contributed by atoms with Crippen molar-refractivity contribution in [1.82, 2.24) is 19.7 Å². The van der Waals surface area contributed by atoms with Gasteiger partial charge in [-0.25, -0.2) is 4.98 Å². The van der Waals surface area contributed by atoms with Crippen LogP contribution in [0.1, 0.15) is 6.42 Å². The summed E-state index contributed by atoms with van der Waals surface area (Å²) in [6.45, 7) is 1.50. The summed E-state index contributed by atoms with van der Waals surface area (Å²) in [4.78, 5) is 15.1. The summed E-state index contributed by atoms with van der Waals surface area (Å²) in [6.07, 6.45) is 6.28. The van der Waals surface area contributed by atoms with Crippen LogP contribution in [0.5, 0.6) is 11.5 Å². The van der Waals surface area contributed by atoms with Gasteiger partial charge in [-0.1, -0.05) is 0 Å². The molecule has 0 spiro atoms. The minimum atomic E-state index is -0.120. The second kappa shape index (κ2) is 10.9. The molecule has 0 unspecified atom stereocenters. The molecule has 0 aliphatic heterocycles. The van der Waals surface area contributed by atoms with Crippen LogP contribution in [0.4, 0.5) is 15.9 Å². The van der Waals surface area contributed by atoms with Crippen LogP contribution in [-0.2, 0) is 11.5 Å². The van der Waals surface area contributed by atoms with Crippen LogP contribution in [0, 0.1) is 0 Å². The second-order valence-electron chi connectivity index (χ2n) is 7.60. The van der Waals surface area contributed by atoms with Gasteiger partial charge in [0, 0.05) is 47.9 Å². The Labute approximate surface area is 196 Å². The van der Waals surface area contributed by atoms with E-state index in [1.165, 1.54) is 0 Å². The average Bonchev–Trinajstić information content (AvgIpc) is 3.36. The Hall–Kier alpha value is -3.76. The molecule has 4 aromatic rings. The molecule has 0 saturated heterocycles. The summed E-state index contributed by atoms with van der Waals surface area (Å²) < 4.78 is 25.3. The lowest BCUT2D eigenvalue weighted by atomic mass is 10.2. The summed E-state index contributed by atoms with van der Waals surface area (Å²) in [5.41, 5.74) is 10.2. The van der Waals surface area contributed by atoms with Gasteiger partial charge in [-0.15, -0.1) is 0 Å². The van der Waals surface area contributed by atoms with Gasteiger partial charge in [0.2, 0.25) is 0 Å². The molecule has 178 valence electrons. The molecule has 2 aromatic heterocycles. The van der Waals surface area contributed by atoms with Crippen LogP contribution in [0.15, 0.2) is 55.0 Å². The van der Waals surface area contributed by atoms with Crippen molar-refractivity contribution in [2.45, 2.75) is 13.0 Å². The first-order chi connectivity index (χ1) is 16.6. The molecule has 10 heteroatoms. The van der Waals surface area contributed by atoms with Gasteiger partial charge in [0.15, 0.2) is 0 Å². The number of hydrogen-bond acceptors (Lipinski definition) is 8. The molecule has 4 rings (SSSR count). The summed E-state index contributed by atoms with van der Waals surface area (Å²) in [5, 5.41) is 4.37. The number of halogens is 1. The number of hydrogen-bond donors (Lipinski definition) is 1.